The van der Waals surface area contributed by atoms with Crippen molar-refractivity contribution in [3.8, 4) is 0 Å². The minimum atomic E-state index is -2.00. The number of aromatic carboxylic acids is 4. The van der Waals surface area contributed by atoms with Crippen LogP contribution in [0.3, 0.4) is 0 Å². The van der Waals surface area contributed by atoms with Crippen LogP contribution in [0.2, 0.25) is 0 Å². The van der Waals surface area contributed by atoms with Gasteiger partial charge in [-0.1, -0.05) is 0 Å². The van der Waals surface area contributed by atoms with Gasteiger partial charge in [0.15, 0.2) is 0 Å². The standard InChI is InChI=1S/C10H6O8.2C3H10N2.2H2O/c11-7(12)3-1-4(8(13)14)6(10(17)18)2-5(3)9(15)16;2*1-3(5)2-4;;/h1-2H,(H,11,12)(H,13,14)(H,15,16)(H,17,18);2*3H,2,4-5H2,1H3;2*1H2/t;2*3-;;/m.10../s1. The topological polar surface area (TPSA) is 334 Å². The van der Waals surface area contributed by atoms with Crippen LogP contribution in [0.4, 0.5) is 0 Å². The summed E-state index contributed by atoms with van der Waals surface area (Å²) in [5.41, 5.74) is 10.5. The van der Waals surface area contributed by atoms with Crippen LogP contribution in [0.1, 0.15) is 55.3 Å². The second-order valence-corrected chi connectivity index (χ2v) is 5.88. The Labute approximate surface area is 171 Å². The molecule has 14 nitrogen and oxygen atoms in total. The predicted octanol–water partition coefficient (Wildman–Crippen LogP) is -10.8. The summed E-state index contributed by atoms with van der Waals surface area (Å²) >= 11 is 0. The number of carbonyl (C=O) groups is 4. The molecule has 0 saturated heterocycles. The zero-order valence-corrected chi connectivity index (χ0v) is 16.8. The van der Waals surface area contributed by atoms with E-state index < -0.39 is 46.1 Å². The van der Waals surface area contributed by atoms with Crippen LogP contribution in [0, 0.1) is 0 Å². The fourth-order valence-electron chi connectivity index (χ4n) is 1.28. The van der Waals surface area contributed by atoms with Crippen LogP contribution in [0.15, 0.2) is 12.1 Å². The average molecular weight is 438 g/mol. The largest absolute Gasteiger partial charge is 0.545 e. The summed E-state index contributed by atoms with van der Waals surface area (Å²) in [6.07, 6.45) is 0. The van der Waals surface area contributed by atoms with E-state index in [1.54, 1.807) is 0 Å². The first-order valence-electron chi connectivity index (χ1n) is 8.08. The van der Waals surface area contributed by atoms with E-state index in [1.165, 1.54) is 0 Å². The lowest BCUT2D eigenvalue weighted by atomic mass is 9.98. The van der Waals surface area contributed by atoms with Gasteiger partial charge in [-0.25, -0.2) is 0 Å². The number of hydrogen-bond donors (Lipinski definition) is 4. The Morgan fingerprint density at radius 1 is 0.667 bits per heavy atom. The number of benzene rings is 1. The number of rotatable bonds is 6. The second-order valence-electron chi connectivity index (χ2n) is 5.88. The molecule has 0 heterocycles. The van der Waals surface area contributed by atoms with Gasteiger partial charge < -0.3 is 73.5 Å². The van der Waals surface area contributed by atoms with Crippen LogP contribution >= 0.6 is 0 Å². The fraction of sp³-hybridized carbons (Fsp3) is 0.375. The zero-order chi connectivity index (χ0) is 22.6. The molecule has 14 heteroatoms. The van der Waals surface area contributed by atoms with Gasteiger partial charge in [0.2, 0.25) is 0 Å². The van der Waals surface area contributed by atoms with Crippen LogP contribution in [0.25, 0.3) is 0 Å². The van der Waals surface area contributed by atoms with E-state index in [0.29, 0.717) is 24.2 Å². The van der Waals surface area contributed by atoms with Crippen LogP contribution < -0.4 is 43.4 Å². The molecule has 1 aromatic rings. The predicted molar refractivity (Wildman–Crippen MR) is 91.2 cm³/mol. The maximum Gasteiger partial charge on any atom is 0.131 e. The molecule has 0 aliphatic rings. The molecule has 1 rings (SSSR count). The Hall–Kier alpha value is -3.14. The van der Waals surface area contributed by atoms with Crippen LogP contribution in [0.5, 0.6) is 0 Å². The highest BCUT2D eigenvalue weighted by atomic mass is 16.4. The van der Waals surface area contributed by atoms with Crippen molar-refractivity contribution in [2.45, 2.75) is 25.9 Å². The molecule has 16 N–H and O–H groups in total. The number of quaternary nitrogens is 4. The summed E-state index contributed by atoms with van der Waals surface area (Å²) in [5, 5.41) is 42.4. The molecular formula is C16H30N4O10. The van der Waals surface area contributed by atoms with Gasteiger partial charge in [-0.2, -0.15) is 0 Å². The quantitative estimate of drug-likeness (QED) is 0.329. The van der Waals surface area contributed by atoms with E-state index >= 15 is 0 Å². The highest BCUT2D eigenvalue weighted by molar-refractivity contribution is 6.07. The Bertz CT molecular complexity index is 601. The van der Waals surface area contributed by atoms with Crippen molar-refractivity contribution in [2.24, 2.45) is 0 Å². The Kier molecular flexibility index (Phi) is 19.2. The lowest BCUT2D eigenvalue weighted by Gasteiger charge is -2.18. The molecule has 0 spiro atoms. The van der Waals surface area contributed by atoms with Crippen molar-refractivity contribution in [1.82, 2.24) is 0 Å². The minimum absolute atomic E-state index is 0. The summed E-state index contributed by atoms with van der Waals surface area (Å²) in [5.74, 6) is -7.99. The van der Waals surface area contributed by atoms with Gasteiger partial charge in [-0.05, 0) is 26.0 Å². The van der Waals surface area contributed by atoms with Crippen molar-refractivity contribution in [1.29, 1.82) is 0 Å². The number of carbonyl (C=O) groups excluding carboxylic acids is 4. The van der Waals surface area contributed by atoms with Gasteiger partial charge in [0.25, 0.3) is 0 Å². The van der Waals surface area contributed by atoms with E-state index in [9.17, 15) is 39.6 Å². The lowest BCUT2D eigenvalue weighted by molar-refractivity contribution is -0.488. The van der Waals surface area contributed by atoms with Crippen molar-refractivity contribution in [2.75, 3.05) is 13.1 Å². The first-order valence-corrected chi connectivity index (χ1v) is 8.08. The first kappa shape index (κ1) is 34.4. The van der Waals surface area contributed by atoms with Crippen molar-refractivity contribution in [3.05, 3.63) is 34.4 Å². The van der Waals surface area contributed by atoms with Gasteiger partial charge in [0, 0.05) is 22.3 Å². The summed E-state index contributed by atoms with van der Waals surface area (Å²) < 4.78 is 0. The zero-order valence-electron chi connectivity index (χ0n) is 16.8. The molecule has 30 heavy (non-hydrogen) atoms. The van der Waals surface area contributed by atoms with Crippen LogP contribution in [-0.4, -0.2) is 60.0 Å². The van der Waals surface area contributed by atoms with E-state index in [1.807, 2.05) is 13.8 Å². The molecule has 0 amide bonds. The highest BCUT2D eigenvalue weighted by Gasteiger charge is 2.13. The third-order valence-corrected chi connectivity index (χ3v) is 3.02. The molecule has 1 aromatic carbocycles. The van der Waals surface area contributed by atoms with E-state index in [-0.39, 0.29) is 11.0 Å². The minimum Gasteiger partial charge on any atom is -0.545 e. The number of carboxylic acid groups (broad SMARTS) is 4. The third kappa shape index (κ3) is 13.1. The monoisotopic (exact) mass is 438 g/mol. The van der Waals surface area contributed by atoms with Crippen molar-refractivity contribution < 1.29 is 73.5 Å². The summed E-state index contributed by atoms with van der Waals surface area (Å²) in [6, 6.07) is 1.66. The Morgan fingerprint density at radius 3 is 0.867 bits per heavy atom. The second kappa shape index (κ2) is 16.8. The smallest absolute Gasteiger partial charge is 0.131 e. The van der Waals surface area contributed by atoms with Gasteiger partial charge >= 0.3 is 0 Å². The Morgan fingerprint density at radius 2 is 0.800 bits per heavy atom. The van der Waals surface area contributed by atoms with Crippen LogP contribution in [-0.2, 0) is 0 Å². The molecule has 0 aliphatic heterocycles. The first-order chi connectivity index (χ1) is 12.8. The molecule has 0 aliphatic carbocycles. The SMILES string of the molecule is C[C@@H]([NH3+])C[NH3+].C[C@H]([NH3+])C[NH3+].O.O.O=C([O-])c1cc(C(=O)[O-])c(C(=O)[O-])cc1C(=O)[O-]. The highest BCUT2D eigenvalue weighted by Crippen LogP contribution is 2.16. The molecule has 0 fully saturated rings. The summed E-state index contributed by atoms with van der Waals surface area (Å²) in [6.45, 7) is 5.99. The maximum absolute atomic E-state index is 10.6. The molecule has 0 radical (unpaired) electrons. The van der Waals surface area contributed by atoms with Crippen molar-refractivity contribution >= 4 is 23.9 Å². The third-order valence-electron chi connectivity index (χ3n) is 3.02. The van der Waals surface area contributed by atoms with Crippen molar-refractivity contribution in [3.63, 3.8) is 0 Å². The molecule has 0 aromatic heterocycles. The molecule has 0 saturated carbocycles. The van der Waals surface area contributed by atoms with Gasteiger partial charge in [-0.15, -0.1) is 0 Å². The van der Waals surface area contributed by atoms with E-state index in [0.717, 1.165) is 13.1 Å². The van der Waals surface area contributed by atoms with Gasteiger partial charge in [-0.3, -0.25) is 0 Å². The summed E-state index contributed by atoms with van der Waals surface area (Å²) in [7, 11) is 0. The number of carboxylic acids is 4. The summed E-state index contributed by atoms with van der Waals surface area (Å²) in [4.78, 5) is 42.4. The normalized spacial score (nSPS) is 10.9. The van der Waals surface area contributed by atoms with E-state index in [2.05, 4.69) is 22.9 Å². The lowest BCUT2D eigenvalue weighted by Crippen LogP contribution is -2.71. The molecule has 2 atom stereocenters. The Balaban J connectivity index is -0.000000237. The molecule has 0 unspecified atom stereocenters. The average Bonchev–Trinajstić information content (AvgIpc) is 2.60. The maximum atomic E-state index is 10.6. The molecule has 174 valence electrons. The molecular weight excluding hydrogens is 408 g/mol. The fourth-order valence-corrected chi connectivity index (χ4v) is 1.28. The van der Waals surface area contributed by atoms with Gasteiger partial charge in [0.05, 0.1) is 23.9 Å². The number of hydrogen-bond acceptors (Lipinski definition) is 8. The van der Waals surface area contributed by atoms with E-state index in [4.69, 9.17) is 0 Å². The van der Waals surface area contributed by atoms with Gasteiger partial charge in [0.1, 0.15) is 25.2 Å². The molecule has 0 bridgehead atoms.